The molecule has 0 aromatic heterocycles. The van der Waals surface area contributed by atoms with Crippen LogP contribution < -0.4 is 0 Å². The van der Waals surface area contributed by atoms with E-state index in [4.69, 9.17) is 10.8 Å². The molecule has 0 bridgehead atoms. The van der Waals surface area contributed by atoms with Crippen molar-refractivity contribution in [1.82, 2.24) is 0 Å². The standard InChI is InChI=1S/C9H10S.N2/c1-2-3-8-4-6-9(10)7-5-8;1-2/h2,4-7,10H,1,3H2;. The molecule has 1 rings (SSSR count). The molecule has 0 aliphatic heterocycles. The van der Waals surface area contributed by atoms with Gasteiger partial charge in [0.25, 0.3) is 0 Å². The minimum Gasteiger partial charge on any atom is -0.143 e. The van der Waals surface area contributed by atoms with E-state index in [1.807, 2.05) is 18.2 Å². The number of hydrogen-bond donors (Lipinski definition) is 1. The zero-order valence-electron chi connectivity index (χ0n) is 6.64. The van der Waals surface area contributed by atoms with E-state index in [2.05, 4.69) is 31.3 Å². The molecule has 1 aromatic rings. The topological polar surface area (TPSA) is 47.6 Å². The van der Waals surface area contributed by atoms with E-state index in [9.17, 15) is 0 Å². The summed E-state index contributed by atoms with van der Waals surface area (Å²) in [6.45, 7) is 3.66. The maximum absolute atomic E-state index is 6.00. The molecule has 2 nitrogen and oxygen atoms in total. The molecular formula is C9H10N2S. The second-order valence-electron chi connectivity index (χ2n) is 2.16. The SMILES string of the molecule is C=CCc1ccc(S)cc1.N#N. The number of hydrogen-bond acceptors (Lipinski definition) is 3. The maximum atomic E-state index is 6.00. The predicted octanol–water partition coefficient (Wildman–Crippen LogP) is 2.73. The summed E-state index contributed by atoms with van der Waals surface area (Å²) >= 11 is 4.17. The van der Waals surface area contributed by atoms with Gasteiger partial charge in [0.15, 0.2) is 0 Å². The molecule has 0 saturated carbocycles. The van der Waals surface area contributed by atoms with Gasteiger partial charge in [0.05, 0.1) is 0 Å². The van der Waals surface area contributed by atoms with Gasteiger partial charge in [0.2, 0.25) is 0 Å². The Kier molecular flexibility index (Phi) is 5.76. The van der Waals surface area contributed by atoms with Crippen LogP contribution in [-0.2, 0) is 6.42 Å². The Labute approximate surface area is 77.7 Å². The van der Waals surface area contributed by atoms with Gasteiger partial charge >= 0.3 is 0 Å². The van der Waals surface area contributed by atoms with Gasteiger partial charge in [-0.05, 0) is 24.1 Å². The van der Waals surface area contributed by atoms with Crippen LogP contribution in [0.4, 0.5) is 0 Å². The lowest BCUT2D eigenvalue weighted by molar-refractivity contribution is 1.15. The van der Waals surface area contributed by atoms with Crippen LogP contribution in [0.15, 0.2) is 41.8 Å². The van der Waals surface area contributed by atoms with Gasteiger partial charge in [0.1, 0.15) is 0 Å². The molecule has 0 atom stereocenters. The molecule has 0 spiro atoms. The van der Waals surface area contributed by atoms with Crippen molar-refractivity contribution in [3.8, 4) is 0 Å². The summed E-state index contributed by atoms with van der Waals surface area (Å²) in [7, 11) is 0. The second kappa shape index (κ2) is 6.44. The van der Waals surface area contributed by atoms with Crippen molar-refractivity contribution in [2.45, 2.75) is 11.3 Å². The van der Waals surface area contributed by atoms with Gasteiger partial charge in [-0.25, -0.2) is 0 Å². The number of benzene rings is 1. The van der Waals surface area contributed by atoms with Crippen LogP contribution in [0.25, 0.3) is 0 Å². The molecule has 0 radical (unpaired) electrons. The fourth-order valence-corrected chi connectivity index (χ4v) is 0.948. The average Bonchev–Trinajstić information content (AvgIpc) is 2.13. The fraction of sp³-hybridized carbons (Fsp3) is 0.111. The third-order valence-electron chi connectivity index (χ3n) is 1.32. The first-order valence-electron chi connectivity index (χ1n) is 3.42. The van der Waals surface area contributed by atoms with Crippen molar-refractivity contribution >= 4 is 12.6 Å². The predicted molar refractivity (Wildman–Crippen MR) is 51.0 cm³/mol. The van der Waals surface area contributed by atoms with Gasteiger partial charge in [-0.2, -0.15) is 0 Å². The summed E-state index contributed by atoms with van der Waals surface area (Å²) in [5, 5.41) is 12.0. The lowest BCUT2D eigenvalue weighted by Crippen LogP contribution is -1.77. The molecular weight excluding hydrogens is 168 g/mol. The highest BCUT2D eigenvalue weighted by Crippen LogP contribution is 2.07. The van der Waals surface area contributed by atoms with E-state index in [-0.39, 0.29) is 0 Å². The third-order valence-corrected chi connectivity index (χ3v) is 1.61. The van der Waals surface area contributed by atoms with Crippen LogP contribution in [0.1, 0.15) is 5.56 Å². The zero-order chi connectivity index (χ0) is 9.40. The Morgan fingerprint density at radius 2 is 1.75 bits per heavy atom. The van der Waals surface area contributed by atoms with Crippen molar-refractivity contribution in [2.24, 2.45) is 0 Å². The van der Waals surface area contributed by atoms with E-state index in [1.54, 1.807) is 0 Å². The molecule has 62 valence electrons. The summed E-state index contributed by atoms with van der Waals surface area (Å²) in [6, 6.07) is 8.10. The van der Waals surface area contributed by atoms with Crippen molar-refractivity contribution < 1.29 is 0 Å². The van der Waals surface area contributed by atoms with Crippen LogP contribution in [0.3, 0.4) is 0 Å². The zero-order valence-corrected chi connectivity index (χ0v) is 7.54. The Bertz CT molecular complexity index is 251. The molecule has 0 fully saturated rings. The number of thiol groups is 1. The van der Waals surface area contributed by atoms with Gasteiger partial charge in [0, 0.05) is 15.7 Å². The molecule has 1 aromatic carbocycles. The molecule has 3 heteroatoms. The smallest absolute Gasteiger partial charge is 0.00401 e. The lowest BCUT2D eigenvalue weighted by Gasteiger charge is -1.94. The van der Waals surface area contributed by atoms with E-state index >= 15 is 0 Å². The summed E-state index contributed by atoms with van der Waals surface area (Å²) in [5.41, 5.74) is 1.28. The normalized spacial score (nSPS) is 7.92. The second-order valence-corrected chi connectivity index (χ2v) is 2.68. The molecule has 0 saturated heterocycles. The molecule has 0 heterocycles. The van der Waals surface area contributed by atoms with Crippen molar-refractivity contribution in [3.05, 3.63) is 42.5 Å². The van der Waals surface area contributed by atoms with Gasteiger partial charge < -0.3 is 0 Å². The maximum Gasteiger partial charge on any atom is 0.00401 e. The van der Waals surface area contributed by atoms with Crippen LogP contribution >= 0.6 is 12.6 Å². The minimum absolute atomic E-state index is 0.939. The highest BCUT2D eigenvalue weighted by Gasteiger charge is 1.86. The molecule has 0 aliphatic rings. The van der Waals surface area contributed by atoms with Gasteiger partial charge in [-0.1, -0.05) is 18.2 Å². The monoisotopic (exact) mass is 178 g/mol. The van der Waals surface area contributed by atoms with E-state index in [1.165, 1.54) is 5.56 Å². The molecule has 0 unspecified atom stereocenters. The molecule has 12 heavy (non-hydrogen) atoms. The Morgan fingerprint density at radius 1 is 1.25 bits per heavy atom. The summed E-state index contributed by atoms with van der Waals surface area (Å²) in [6.07, 6.45) is 2.83. The van der Waals surface area contributed by atoms with E-state index in [0.717, 1.165) is 11.3 Å². The quantitative estimate of drug-likeness (QED) is 0.430. The first-order valence-corrected chi connectivity index (χ1v) is 3.86. The van der Waals surface area contributed by atoms with Crippen LogP contribution in [0.5, 0.6) is 0 Å². The van der Waals surface area contributed by atoms with Crippen molar-refractivity contribution in [2.75, 3.05) is 0 Å². The molecule has 0 N–H and O–H groups in total. The summed E-state index contributed by atoms with van der Waals surface area (Å²) in [4.78, 5) is 1.01. The molecule has 0 aliphatic carbocycles. The number of allylic oxidation sites excluding steroid dienone is 1. The summed E-state index contributed by atoms with van der Waals surface area (Å²) < 4.78 is 0. The lowest BCUT2D eigenvalue weighted by atomic mass is 10.2. The average molecular weight is 178 g/mol. The number of rotatable bonds is 2. The Morgan fingerprint density at radius 3 is 2.17 bits per heavy atom. The van der Waals surface area contributed by atoms with Crippen LogP contribution in [-0.4, -0.2) is 0 Å². The Balaban J connectivity index is 0.000000561. The first-order chi connectivity index (χ1) is 5.83. The largest absolute Gasteiger partial charge is 0.143 e. The third kappa shape index (κ3) is 3.79. The first kappa shape index (κ1) is 10.7. The van der Waals surface area contributed by atoms with Crippen LogP contribution in [0.2, 0.25) is 0 Å². The minimum atomic E-state index is 0.939. The van der Waals surface area contributed by atoms with E-state index < -0.39 is 0 Å². The van der Waals surface area contributed by atoms with Crippen LogP contribution in [0, 0.1) is 10.8 Å². The highest BCUT2D eigenvalue weighted by molar-refractivity contribution is 7.80. The summed E-state index contributed by atoms with van der Waals surface area (Å²) in [5.74, 6) is 0. The fourth-order valence-electron chi connectivity index (χ4n) is 0.799. The van der Waals surface area contributed by atoms with Gasteiger partial charge in [-0.15, -0.1) is 19.2 Å². The Hall–Kier alpha value is -1.27. The van der Waals surface area contributed by atoms with Gasteiger partial charge in [-0.3, -0.25) is 0 Å². The van der Waals surface area contributed by atoms with E-state index in [0.29, 0.717) is 0 Å². The van der Waals surface area contributed by atoms with Crippen molar-refractivity contribution in [1.29, 1.82) is 10.8 Å². The highest BCUT2D eigenvalue weighted by atomic mass is 32.1. The number of nitrogens with zero attached hydrogens (tertiary/aromatic N) is 2. The van der Waals surface area contributed by atoms with Crippen molar-refractivity contribution in [3.63, 3.8) is 0 Å². The molecule has 0 amide bonds.